The Hall–Kier alpha value is -2.53. The van der Waals surface area contributed by atoms with Crippen LogP contribution in [0.3, 0.4) is 0 Å². The molecule has 3 rings (SSSR count). The lowest BCUT2D eigenvalue weighted by atomic mass is 9.84. The van der Waals surface area contributed by atoms with Gasteiger partial charge in [-0.25, -0.2) is 4.79 Å². The smallest absolute Gasteiger partial charge is 0.338 e. The minimum Gasteiger partial charge on any atom is -0.496 e. The van der Waals surface area contributed by atoms with Gasteiger partial charge in [0.25, 0.3) is 0 Å². The molecular formula is C23H29NO4. The Morgan fingerprint density at radius 1 is 1.04 bits per heavy atom. The maximum atomic E-state index is 11.8. The van der Waals surface area contributed by atoms with Gasteiger partial charge in [0.15, 0.2) is 0 Å². The van der Waals surface area contributed by atoms with Gasteiger partial charge in [0, 0.05) is 32.3 Å². The van der Waals surface area contributed by atoms with Gasteiger partial charge < -0.3 is 19.1 Å². The molecule has 2 aromatic rings. The number of rotatable bonds is 7. The summed E-state index contributed by atoms with van der Waals surface area (Å²) >= 11 is 0. The molecule has 5 heteroatoms. The third-order valence-corrected chi connectivity index (χ3v) is 5.56. The normalized spacial score (nSPS) is 15.9. The molecule has 0 bridgehead atoms. The summed E-state index contributed by atoms with van der Waals surface area (Å²) in [6.45, 7) is 4.01. The van der Waals surface area contributed by atoms with E-state index in [1.165, 1.54) is 5.56 Å². The van der Waals surface area contributed by atoms with Crippen molar-refractivity contribution in [1.82, 2.24) is 0 Å². The van der Waals surface area contributed by atoms with Crippen LogP contribution >= 0.6 is 0 Å². The Morgan fingerprint density at radius 2 is 1.71 bits per heavy atom. The molecule has 150 valence electrons. The van der Waals surface area contributed by atoms with E-state index < -0.39 is 0 Å². The average Bonchev–Trinajstić information content (AvgIpc) is 2.75. The molecule has 28 heavy (non-hydrogen) atoms. The van der Waals surface area contributed by atoms with E-state index in [9.17, 15) is 4.79 Å². The van der Waals surface area contributed by atoms with Crippen LogP contribution in [0, 0.1) is 0 Å². The first-order valence-electron chi connectivity index (χ1n) is 9.80. The topological polar surface area (TPSA) is 48.0 Å². The summed E-state index contributed by atoms with van der Waals surface area (Å²) in [6.07, 6.45) is 2.70. The molecule has 0 unspecified atom stereocenters. The number of anilines is 1. The summed E-state index contributed by atoms with van der Waals surface area (Å²) in [4.78, 5) is 14.2. The van der Waals surface area contributed by atoms with Crippen LogP contribution in [0.15, 0.2) is 48.5 Å². The number of nitrogens with zero attached hydrogens (tertiary/aromatic N) is 1. The van der Waals surface area contributed by atoms with Crippen LogP contribution in [0.25, 0.3) is 0 Å². The van der Waals surface area contributed by atoms with Crippen molar-refractivity contribution < 1.29 is 19.0 Å². The molecule has 5 nitrogen and oxygen atoms in total. The number of piperidine rings is 1. The highest BCUT2D eigenvalue weighted by molar-refractivity contribution is 5.89. The Labute approximate surface area is 167 Å². The highest BCUT2D eigenvalue weighted by Crippen LogP contribution is 2.34. The molecular weight excluding hydrogens is 354 g/mol. The fraction of sp³-hybridized carbons (Fsp3) is 0.435. The molecule has 1 aliphatic heterocycles. The Morgan fingerprint density at radius 3 is 2.32 bits per heavy atom. The molecule has 0 aliphatic carbocycles. The van der Waals surface area contributed by atoms with Gasteiger partial charge in [-0.05, 0) is 55.7 Å². The highest BCUT2D eigenvalue weighted by atomic mass is 16.5. The van der Waals surface area contributed by atoms with Crippen molar-refractivity contribution in [2.24, 2.45) is 0 Å². The summed E-state index contributed by atoms with van der Waals surface area (Å²) in [5.41, 5.74) is 2.70. The minimum atomic E-state index is -0.275. The monoisotopic (exact) mass is 383 g/mol. The molecule has 0 spiro atoms. The minimum absolute atomic E-state index is 0.185. The molecule has 0 radical (unpaired) electrons. The largest absolute Gasteiger partial charge is 0.496 e. The third kappa shape index (κ3) is 4.47. The summed E-state index contributed by atoms with van der Waals surface area (Å²) in [5, 5.41) is 0. The van der Waals surface area contributed by atoms with E-state index >= 15 is 0 Å². The van der Waals surface area contributed by atoms with E-state index in [2.05, 4.69) is 11.0 Å². The van der Waals surface area contributed by atoms with Gasteiger partial charge in [-0.3, -0.25) is 0 Å². The van der Waals surface area contributed by atoms with Gasteiger partial charge in [-0.2, -0.15) is 0 Å². The van der Waals surface area contributed by atoms with Gasteiger partial charge in [-0.1, -0.05) is 18.2 Å². The number of hydrogen-bond acceptors (Lipinski definition) is 5. The van der Waals surface area contributed by atoms with Crippen molar-refractivity contribution >= 4 is 11.7 Å². The number of methoxy groups -OCH3 is 2. The highest BCUT2D eigenvalue weighted by Gasteiger charge is 2.35. The lowest BCUT2D eigenvalue weighted by molar-refractivity contribution is -0.0293. The standard InChI is InChI=1S/C23H29NO4/c1-4-28-22(25)18-9-11-20(12-10-18)24-15-13-23(27-3,14-16-24)17-19-7-5-6-8-21(19)26-2/h5-12H,4,13-17H2,1-3H3. The zero-order valence-corrected chi connectivity index (χ0v) is 16.9. The Kier molecular flexibility index (Phi) is 6.57. The quantitative estimate of drug-likeness (QED) is 0.674. The van der Waals surface area contributed by atoms with Crippen molar-refractivity contribution in [1.29, 1.82) is 0 Å². The number of benzene rings is 2. The van der Waals surface area contributed by atoms with E-state index in [0.717, 1.165) is 43.8 Å². The molecule has 1 aliphatic rings. The number of carbonyl (C=O) groups excluding carboxylic acids is 1. The molecule has 1 fully saturated rings. The van der Waals surface area contributed by atoms with Gasteiger partial charge in [0.1, 0.15) is 5.75 Å². The first kappa shape index (κ1) is 20.2. The van der Waals surface area contributed by atoms with Crippen LogP contribution in [0.5, 0.6) is 5.75 Å². The summed E-state index contributed by atoms with van der Waals surface area (Å²) in [7, 11) is 3.51. The van der Waals surface area contributed by atoms with E-state index in [1.54, 1.807) is 14.2 Å². The second-order valence-corrected chi connectivity index (χ2v) is 7.13. The predicted molar refractivity (Wildman–Crippen MR) is 110 cm³/mol. The van der Waals surface area contributed by atoms with Crippen LogP contribution in [-0.4, -0.2) is 45.5 Å². The maximum Gasteiger partial charge on any atom is 0.338 e. The molecule has 0 saturated carbocycles. The van der Waals surface area contributed by atoms with Crippen LogP contribution in [0.4, 0.5) is 5.69 Å². The fourth-order valence-corrected chi connectivity index (χ4v) is 3.84. The number of ether oxygens (including phenoxy) is 3. The SMILES string of the molecule is CCOC(=O)c1ccc(N2CCC(Cc3ccccc3OC)(OC)CC2)cc1. The fourth-order valence-electron chi connectivity index (χ4n) is 3.84. The van der Waals surface area contributed by atoms with Gasteiger partial charge in [-0.15, -0.1) is 0 Å². The molecule has 0 aromatic heterocycles. The number of para-hydroxylation sites is 1. The van der Waals surface area contributed by atoms with Crippen molar-refractivity contribution in [3.63, 3.8) is 0 Å². The third-order valence-electron chi connectivity index (χ3n) is 5.56. The van der Waals surface area contributed by atoms with Crippen molar-refractivity contribution in [2.45, 2.75) is 31.8 Å². The first-order chi connectivity index (χ1) is 13.6. The Balaban J connectivity index is 1.66. The van der Waals surface area contributed by atoms with E-state index in [0.29, 0.717) is 12.2 Å². The maximum absolute atomic E-state index is 11.8. The molecule has 1 heterocycles. The van der Waals surface area contributed by atoms with Crippen molar-refractivity contribution in [2.75, 3.05) is 38.8 Å². The lowest BCUT2D eigenvalue weighted by Crippen LogP contribution is -2.47. The molecule has 0 amide bonds. The molecule has 0 N–H and O–H groups in total. The van der Waals surface area contributed by atoms with Crippen molar-refractivity contribution in [3.05, 3.63) is 59.7 Å². The molecule has 2 aromatic carbocycles. The van der Waals surface area contributed by atoms with Crippen molar-refractivity contribution in [3.8, 4) is 5.75 Å². The van der Waals surface area contributed by atoms with Gasteiger partial charge >= 0.3 is 5.97 Å². The second kappa shape index (κ2) is 9.11. The van der Waals surface area contributed by atoms with Crippen LogP contribution in [0.1, 0.15) is 35.7 Å². The zero-order valence-electron chi connectivity index (χ0n) is 16.9. The predicted octanol–water partition coefficient (Wildman–Crippen LogP) is 4.10. The van der Waals surface area contributed by atoms with Gasteiger partial charge in [0.05, 0.1) is 24.9 Å². The second-order valence-electron chi connectivity index (χ2n) is 7.13. The Bertz CT molecular complexity index is 779. The van der Waals surface area contributed by atoms with Crippen LogP contribution in [-0.2, 0) is 15.9 Å². The number of esters is 1. The summed E-state index contributed by atoms with van der Waals surface area (Å²) in [6, 6.07) is 15.8. The van der Waals surface area contributed by atoms with Crippen LogP contribution < -0.4 is 9.64 Å². The zero-order chi connectivity index (χ0) is 20.0. The average molecular weight is 383 g/mol. The number of carbonyl (C=O) groups is 1. The van der Waals surface area contributed by atoms with Gasteiger partial charge in [0.2, 0.25) is 0 Å². The van der Waals surface area contributed by atoms with E-state index in [4.69, 9.17) is 14.2 Å². The van der Waals surface area contributed by atoms with E-state index in [1.807, 2.05) is 49.4 Å². The first-order valence-corrected chi connectivity index (χ1v) is 9.80. The molecule has 1 saturated heterocycles. The lowest BCUT2D eigenvalue weighted by Gasteiger charge is -2.42. The summed E-state index contributed by atoms with van der Waals surface area (Å²) in [5.74, 6) is 0.638. The number of hydrogen-bond donors (Lipinski definition) is 0. The van der Waals surface area contributed by atoms with E-state index in [-0.39, 0.29) is 11.6 Å². The van der Waals surface area contributed by atoms with Crippen LogP contribution in [0.2, 0.25) is 0 Å². The summed E-state index contributed by atoms with van der Waals surface area (Å²) < 4.78 is 16.6. The molecule has 0 atom stereocenters.